The molecular weight excluding hydrogens is 142 g/mol. The molecule has 0 unspecified atom stereocenters. The van der Waals surface area contributed by atoms with Crippen molar-refractivity contribution in [3.63, 3.8) is 0 Å². The Balaban J connectivity index is 2.59. The van der Waals surface area contributed by atoms with Crippen LogP contribution < -0.4 is 11.3 Å². The van der Waals surface area contributed by atoms with Gasteiger partial charge >= 0.3 is 0 Å². The van der Waals surface area contributed by atoms with Gasteiger partial charge in [-0.25, -0.2) is 0 Å². The van der Waals surface area contributed by atoms with Crippen molar-refractivity contribution in [2.75, 3.05) is 5.73 Å². The third-order valence-electron chi connectivity index (χ3n) is 2.16. The van der Waals surface area contributed by atoms with E-state index in [0.717, 1.165) is 31.5 Å². The molecule has 0 amide bonds. The highest BCUT2D eigenvalue weighted by atomic mass is 16.1. The second kappa shape index (κ2) is 2.15. The van der Waals surface area contributed by atoms with E-state index in [1.165, 1.54) is 0 Å². The van der Waals surface area contributed by atoms with Crippen molar-refractivity contribution in [3.05, 3.63) is 16.0 Å². The van der Waals surface area contributed by atoms with E-state index in [1.807, 2.05) is 4.68 Å². The van der Waals surface area contributed by atoms with E-state index in [1.54, 1.807) is 0 Å². The smallest absolute Gasteiger partial charge is 0.287 e. The molecule has 60 valence electrons. The van der Waals surface area contributed by atoms with Crippen LogP contribution in [0.5, 0.6) is 0 Å². The zero-order valence-corrected chi connectivity index (χ0v) is 6.26. The monoisotopic (exact) mass is 153 g/mol. The van der Waals surface area contributed by atoms with Gasteiger partial charge in [-0.05, 0) is 19.3 Å². The van der Waals surface area contributed by atoms with Crippen molar-refractivity contribution < 1.29 is 0 Å². The molecule has 11 heavy (non-hydrogen) atoms. The minimum absolute atomic E-state index is 0.137. The van der Waals surface area contributed by atoms with Crippen molar-refractivity contribution in [3.8, 4) is 0 Å². The van der Waals surface area contributed by atoms with E-state index >= 15 is 0 Å². The summed E-state index contributed by atoms with van der Waals surface area (Å²) in [6.45, 7) is 0.905. The molecular formula is C7H11N3O. The van der Waals surface area contributed by atoms with E-state index in [-0.39, 0.29) is 5.56 Å². The first-order valence-corrected chi connectivity index (χ1v) is 3.86. The summed E-state index contributed by atoms with van der Waals surface area (Å²) in [5.41, 5.74) is 6.82. The van der Waals surface area contributed by atoms with Crippen LogP contribution in [0.3, 0.4) is 0 Å². The highest BCUT2D eigenvalue weighted by Gasteiger charge is 2.14. The van der Waals surface area contributed by atoms with Gasteiger partial charge in [0.05, 0.1) is 5.69 Å². The predicted molar refractivity (Wildman–Crippen MR) is 42.4 cm³/mol. The minimum Gasteiger partial charge on any atom is -0.393 e. The summed E-state index contributed by atoms with van der Waals surface area (Å²) in [5.74, 6) is 0. The minimum atomic E-state index is -0.137. The van der Waals surface area contributed by atoms with Crippen molar-refractivity contribution in [2.24, 2.45) is 0 Å². The van der Waals surface area contributed by atoms with Gasteiger partial charge in [0, 0.05) is 6.54 Å². The Morgan fingerprint density at radius 2 is 2.27 bits per heavy atom. The largest absolute Gasteiger partial charge is 0.393 e. The Hall–Kier alpha value is -1.19. The lowest BCUT2D eigenvalue weighted by Crippen LogP contribution is -2.12. The number of nitrogen functional groups attached to an aromatic ring is 1. The van der Waals surface area contributed by atoms with Gasteiger partial charge in [-0.15, -0.1) is 0 Å². The summed E-state index contributed by atoms with van der Waals surface area (Å²) < 4.78 is 1.86. The van der Waals surface area contributed by atoms with Gasteiger partial charge in [-0.1, -0.05) is 0 Å². The number of rotatable bonds is 0. The van der Waals surface area contributed by atoms with Crippen molar-refractivity contribution in [1.29, 1.82) is 0 Å². The van der Waals surface area contributed by atoms with Crippen LogP contribution >= 0.6 is 0 Å². The summed E-state index contributed by atoms with van der Waals surface area (Å²) in [6.07, 6.45) is 3.21. The van der Waals surface area contributed by atoms with E-state index < -0.39 is 0 Å². The van der Waals surface area contributed by atoms with Gasteiger partial charge < -0.3 is 5.73 Å². The maximum absolute atomic E-state index is 11.0. The number of hydrogen-bond donors (Lipinski definition) is 2. The molecule has 4 nitrogen and oxygen atoms in total. The molecule has 0 aliphatic carbocycles. The fourth-order valence-electron chi connectivity index (χ4n) is 1.55. The third kappa shape index (κ3) is 0.859. The Morgan fingerprint density at radius 3 is 3.00 bits per heavy atom. The van der Waals surface area contributed by atoms with Crippen molar-refractivity contribution >= 4 is 5.69 Å². The quantitative estimate of drug-likeness (QED) is 0.555. The van der Waals surface area contributed by atoms with Gasteiger partial charge in [0.15, 0.2) is 0 Å². The SMILES string of the molecule is Nc1c2n([nH]c1=O)CCCC2. The molecule has 2 heterocycles. The van der Waals surface area contributed by atoms with E-state index in [4.69, 9.17) is 5.73 Å². The number of hydrogen-bond acceptors (Lipinski definition) is 2. The highest BCUT2D eigenvalue weighted by molar-refractivity contribution is 5.41. The standard InChI is InChI=1S/C7H11N3O/c8-6-5-3-1-2-4-10(5)9-7(6)11/h1-4,8H2,(H,9,11). The number of H-pyrrole nitrogens is 1. The van der Waals surface area contributed by atoms with E-state index in [9.17, 15) is 4.79 Å². The van der Waals surface area contributed by atoms with E-state index in [0.29, 0.717) is 5.69 Å². The zero-order chi connectivity index (χ0) is 7.84. The fraction of sp³-hybridized carbons (Fsp3) is 0.571. The summed E-state index contributed by atoms with van der Waals surface area (Å²) in [4.78, 5) is 11.0. The lowest BCUT2D eigenvalue weighted by Gasteiger charge is -2.13. The first-order chi connectivity index (χ1) is 5.29. The summed E-state index contributed by atoms with van der Waals surface area (Å²) >= 11 is 0. The Bertz CT molecular complexity index is 323. The average molecular weight is 153 g/mol. The molecule has 3 N–H and O–H groups in total. The molecule has 0 saturated carbocycles. The molecule has 0 atom stereocenters. The van der Waals surface area contributed by atoms with Crippen LogP contribution in [-0.2, 0) is 13.0 Å². The highest BCUT2D eigenvalue weighted by Crippen LogP contribution is 2.15. The van der Waals surface area contributed by atoms with Crippen LogP contribution in [0.2, 0.25) is 0 Å². The number of aromatic amines is 1. The summed E-state index contributed by atoms with van der Waals surface area (Å²) in [5, 5.41) is 2.70. The molecule has 1 aliphatic rings. The van der Waals surface area contributed by atoms with Crippen LogP contribution in [0.25, 0.3) is 0 Å². The lowest BCUT2D eigenvalue weighted by atomic mass is 10.1. The van der Waals surface area contributed by atoms with Gasteiger partial charge in [0.1, 0.15) is 5.69 Å². The second-order valence-corrected chi connectivity index (χ2v) is 2.91. The third-order valence-corrected chi connectivity index (χ3v) is 2.16. The average Bonchev–Trinajstić information content (AvgIpc) is 2.30. The van der Waals surface area contributed by atoms with Crippen molar-refractivity contribution in [1.82, 2.24) is 9.78 Å². The predicted octanol–water partition coefficient (Wildman–Crippen LogP) is 0.0949. The summed E-state index contributed by atoms with van der Waals surface area (Å²) in [7, 11) is 0. The van der Waals surface area contributed by atoms with Gasteiger partial charge in [0.25, 0.3) is 5.56 Å². The molecule has 0 saturated heterocycles. The number of nitrogens with two attached hydrogens (primary N) is 1. The maximum atomic E-state index is 11.0. The molecule has 2 rings (SSSR count). The van der Waals surface area contributed by atoms with Crippen LogP contribution in [0.15, 0.2) is 4.79 Å². The molecule has 4 heteroatoms. The Morgan fingerprint density at radius 1 is 1.45 bits per heavy atom. The number of aromatic nitrogens is 2. The normalized spacial score (nSPS) is 16.4. The molecule has 0 bridgehead atoms. The Labute approximate surface area is 64.0 Å². The molecule has 0 spiro atoms. The van der Waals surface area contributed by atoms with Gasteiger partial charge in [-0.2, -0.15) is 0 Å². The zero-order valence-electron chi connectivity index (χ0n) is 6.26. The van der Waals surface area contributed by atoms with Crippen LogP contribution in [0.4, 0.5) is 5.69 Å². The van der Waals surface area contributed by atoms with Crippen LogP contribution in [-0.4, -0.2) is 9.78 Å². The molecule has 0 radical (unpaired) electrons. The summed E-state index contributed by atoms with van der Waals surface area (Å²) in [6, 6.07) is 0. The van der Waals surface area contributed by atoms with Crippen LogP contribution in [0.1, 0.15) is 18.5 Å². The molecule has 1 aromatic heterocycles. The van der Waals surface area contributed by atoms with Crippen LogP contribution in [0, 0.1) is 0 Å². The maximum Gasteiger partial charge on any atom is 0.287 e. The number of aryl methyl sites for hydroxylation is 1. The van der Waals surface area contributed by atoms with E-state index in [2.05, 4.69) is 5.10 Å². The number of anilines is 1. The topological polar surface area (TPSA) is 63.8 Å². The first kappa shape index (κ1) is 6.52. The van der Waals surface area contributed by atoms with Gasteiger partial charge in [-0.3, -0.25) is 14.6 Å². The van der Waals surface area contributed by atoms with Gasteiger partial charge in [0.2, 0.25) is 0 Å². The number of fused-ring (bicyclic) bond motifs is 1. The molecule has 0 aromatic carbocycles. The number of nitrogens with one attached hydrogen (secondary N) is 1. The fourth-order valence-corrected chi connectivity index (χ4v) is 1.55. The lowest BCUT2D eigenvalue weighted by molar-refractivity contribution is 0.485. The second-order valence-electron chi connectivity index (χ2n) is 2.91. The molecule has 0 fully saturated rings. The number of nitrogens with zero attached hydrogens (tertiary/aromatic N) is 1. The van der Waals surface area contributed by atoms with Crippen molar-refractivity contribution in [2.45, 2.75) is 25.8 Å². The molecule has 1 aliphatic heterocycles. The molecule has 1 aromatic rings. The Kier molecular flexibility index (Phi) is 1.27. The first-order valence-electron chi connectivity index (χ1n) is 3.86.